The van der Waals surface area contributed by atoms with E-state index in [2.05, 4.69) is 6.92 Å². The first-order valence-corrected chi connectivity index (χ1v) is 5.61. The highest BCUT2D eigenvalue weighted by Crippen LogP contribution is 1.99. The third kappa shape index (κ3) is 6.47. The summed E-state index contributed by atoms with van der Waals surface area (Å²) in [6.45, 7) is 5.87. The van der Waals surface area contributed by atoms with Gasteiger partial charge in [0.2, 0.25) is 5.91 Å². The number of rotatable bonds is 7. The molecule has 15 heavy (non-hydrogen) atoms. The highest BCUT2D eigenvalue weighted by molar-refractivity contribution is 5.77. The third-order valence-electron chi connectivity index (χ3n) is 2.34. The zero-order valence-corrected chi connectivity index (χ0v) is 10.4. The second-order valence-electron chi connectivity index (χ2n) is 4.09. The summed E-state index contributed by atoms with van der Waals surface area (Å²) in [5.74, 6) is 0.0896. The molecule has 0 aromatic carbocycles. The van der Waals surface area contributed by atoms with Crippen LogP contribution in [0.3, 0.4) is 0 Å². The van der Waals surface area contributed by atoms with Gasteiger partial charge in [-0.2, -0.15) is 0 Å². The van der Waals surface area contributed by atoms with Crippen molar-refractivity contribution in [3.8, 4) is 0 Å². The predicted octanol–water partition coefficient (Wildman–Crippen LogP) is 0.557. The van der Waals surface area contributed by atoms with Crippen molar-refractivity contribution >= 4 is 5.91 Å². The molecule has 0 spiro atoms. The van der Waals surface area contributed by atoms with Gasteiger partial charge < -0.3 is 10.0 Å². The van der Waals surface area contributed by atoms with Crippen LogP contribution in [0.2, 0.25) is 0 Å². The molecule has 1 atom stereocenters. The Morgan fingerprint density at radius 2 is 1.93 bits per heavy atom. The Bertz CT molecular complexity index is 183. The van der Waals surface area contributed by atoms with Crippen LogP contribution in [0.1, 0.15) is 26.7 Å². The van der Waals surface area contributed by atoms with Crippen molar-refractivity contribution < 1.29 is 9.90 Å². The number of aliphatic hydroxyl groups is 1. The normalized spacial score (nSPS) is 12.9. The fraction of sp³-hybridized carbons (Fsp3) is 0.909. The molecule has 0 saturated carbocycles. The number of nitrogens with zero attached hydrogens (tertiary/aromatic N) is 2. The molecule has 0 aliphatic heterocycles. The Kier molecular flexibility index (Phi) is 7.34. The van der Waals surface area contributed by atoms with E-state index in [1.807, 2.05) is 11.8 Å². The van der Waals surface area contributed by atoms with Gasteiger partial charge in [-0.25, -0.2) is 0 Å². The quantitative estimate of drug-likeness (QED) is 0.676. The average Bonchev–Trinajstić information content (AvgIpc) is 2.17. The molecule has 0 aromatic rings. The van der Waals surface area contributed by atoms with Crippen molar-refractivity contribution in [2.24, 2.45) is 0 Å². The summed E-state index contributed by atoms with van der Waals surface area (Å²) in [5, 5.41) is 9.54. The fourth-order valence-electron chi connectivity index (χ4n) is 1.31. The third-order valence-corrected chi connectivity index (χ3v) is 2.34. The van der Waals surface area contributed by atoms with E-state index < -0.39 is 0 Å². The summed E-state index contributed by atoms with van der Waals surface area (Å²) in [5.41, 5.74) is 0. The van der Waals surface area contributed by atoms with E-state index in [4.69, 9.17) is 0 Å². The van der Waals surface area contributed by atoms with Gasteiger partial charge in [-0.15, -0.1) is 0 Å². The van der Waals surface area contributed by atoms with Crippen molar-refractivity contribution in [2.45, 2.75) is 32.8 Å². The molecule has 0 saturated heterocycles. The molecular formula is C11H24N2O2. The molecule has 1 unspecified atom stereocenters. The number of hydrogen-bond donors (Lipinski definition) is 1. The minimum atomic E-state index is -0.327. The SMILES string of the molecule is CCCN(CC(=O)N(C)C)CC(O)CC. The van der Waals surface area contributed by atoms with Crippen LogP contribution in [-0.4, -0.2) is 60.6 Å². The van der Waals surface area contributed by atoms with Crippen LogP contribution in [0, 0.1) is 0 Å². The maximum atomic E-state index is 11.5. The van der Waals surface area contributed by atoms with Crippen molar-refractivity contribution in [3.05, 3.63) is 0 Å². The van der Waals surface area contributed by atoms with Crippen LogP contribution in [0.4, 0.5) is 0 Å². The molecule has 0 radical (unpaired) electrons. The van der Waals surface area contributed by atoms with Crippen molar-refractivity contribution in [2.75, 3.05) is 33.7 Å². The maximum absolute atomic E-state index is 11.5. The van der Waals surface area contributed by atoms with E-state index in [1.165, 1.54) is 0 Å². The first-order valence-electron chi connectivity index (χ1n) is 5.61. The molecule has 0 rings (SSSR count). The van der Waals surface area contributed by atoms with Gasteiger partial charge in [0.05, 0.1) is 12.6 Å². The summed E-state index contributed by atoms with van der Waals surface area (Å²) in [6.07, 6.45) is 1.40. The first kappa shape index (κ1) is 14.4. The van der Waals surface area contributed by atoms with E-state index in [-0.39, 0.29) is 12.0 Å². The second-order valence-corrected chi connectivity index (χ2v) is 4.09. The number of carbonyl (C=O) groups is 1. The molecule has 0 bridgehead atoms. The molecule has 4 heteroatoms. The lowest BCUT2D eigenvalue weighted by molar-refractivity contribution is -0.130. The largest absolute Gasteiger partial charge is 0.392 e. The van der Waals surface area contributed by atoms with Crippen molar-refractivity contribution in [1.82, 2.24) is 9.80 Å². The van der Waals surface area contributed by atoms with Gasteiger partial charge in [0.15, 0.2) is 0 Å². The molecule has 1 amide bonds. The molecule has 1 N–H and O–H groups in total. The number of likely N-dealkylation sites (N-methyl/N-ethyl adjacent to an activating group) is 1. The number of hydrogen-bond acceptors (Lipinski definition) is 3. The number of aliphatic hydroxyl groups excluding tert-OH is 1. The predicted molar refractivity (Wildman–Crippen MR) is 61.7 cm³/mol. The topological polar surface area (TPSA) is 43.8 Å². The number of carbonyl (C=O) groups excluding carboxylic acids is 1. The molecule has 0 aliphatic carbocycles. The summed E-state index contributed by atoms with van der Waals surface area (Å²) >= 11 is 0. The van der Waals surface area contributed by atoms with Gasteiger partial charge in [0.1, 0.15) is 0 Å². The van der Waals surface area contributed by atoms with E-state index in [0.29, 0.717) is 13.1 Å². The summed E-state index contributed by atoms with van der Waals surface area (Å²) in [4.78, 5) is 15.1. The lowest BCUT2D eigenvalue weighted by Crippen LogP contribution is -2.40. The molecule has 0 aliphatic rings. The molecule has 0 heterocycles. The van der Waals surface area contributed by atoms with Crippen LogP contribution >= 0.6 is 0 Å². The van der Waals surface area contributed by atoms with E-state index in [1.54, 1.807) is 19.0 Å². The van der Waals surface area contributed by atoms with Gasteiger partial charge in [-0.1, -0.05) is 13.8 Å². The maximum Gasteiger partial charge on any atom is 0.236 e. The Hall–Kier alpha value is -0.610. The van der Waals surface area contributed by atoms with Gasteiger partial charge in [0, 0.05) is 20.6 Å². The van der Waals surface area contributed by atoms with Crippen molar-refractivity contribution in [3.63, 3.8) is 0 Å². The second kappa shape index (κ2) is 7.65. The Balaban J connectivity index is 4.08. The minimum Gasteiger partial charge on any atom is -0.392 e. The smallest absolute Gasteiger partial charge is 0.236 e. The fourth-order valence-corrected chi connectivity index (χ4v) is 1.31. The highest BCUT2D eigenvalue weighted by atomic mass is 16.3. The molecular weight excluding hydrogens is 192 g/mol. The standard InChI is InChI=1S/C11H24N2O2/c1-5-7-13(8-10(14)6-2)9-11(15)12(3)4/h10,14H,5-9H2,1-4H3. The summed E-state index contributed by atoms with van der Waals surface area (Å²) in [7, 11) is 3.51. The van der Waals surface area contributed by atoms with Crippen LogP contribution in [0.5, 0.6) is 0 Å². The average molecular weight is 216 g/mol. The van der Waals surface area contributed by atoms with Gasteiger partial charge in [-0.3, -0.25) is 9.69 Å². The summed E-state index contributed by atoms with van der Waals surface area (Å²) in [6, 6.07) is 0. The zero-order valence-electron chi connectivity index (χ0n) is 10.4. The van der Waals surface area contributed by atoms with Crippen LogP contribution in [0.25, 0.3) is 0 Å². The van der Waals surface area contributed by atoms with Crippen LogP contribution in [-0.2, 0) is 4.79 Å². The Morgan fingerprint density at radius 1 is 1.33 bits per heavy atom. The van der Waals surface area contributed by atoms with E-state index in [0.717, 1.165) is 19.4 Å². The lowest BCUT2D eigenvalue weighted by Gasteiger charge is -2.24. The first-order chi connectivity index (χ1) is 7.01. The van der Waals surface area contributed by atoms with Crippen molar-refractivity contribution in [1.29, 1.82) is 0 Å². The van der Waals surface area contributed by atoms with Gasteiger partial charge in [-0.05, 0) is 19.4 Å². The van der Waals surface area contributed by atoms with Crippen LogP contribution in [0.15, 0.2) is 0 Å². The van der Waals surface area contributed by atoms with E-state index in [9.17, 15) is 9.90 Å². The van der Waals surface area contributed by atoms with Gasteiger partial charge in [0.25, 0.3) is 0 Å². The summed E-state index contributed by atoms with van der Waals surface area (Å²) < 4.78 is 0. The molecule has 90 valence electrons. The van der Waals surface area contributed by atoms with Crippen LogP contribution < -0.4 is 0 Å². The Labute approximate surface area is 92.9 Å². The van der Waals surface area contributed by atoms with E-state index >= 15 is 0 Å². The molecule has 4 nitrogen and oxygen atoms in total. The molecule has 0 aromatic heterocycles. The monoisotopic (exact) mass is 216 g/mol. The molecule has 0 fully saturated rings. The minimum absolute atomic E-state index is 0.0896. The Morgan fingerprint density at radius 3 is 2.33 bits per heavy atom. The van der Waals surface area contributed by atoms with Gasteiger partial charge >= 0.3 is 0 Å². The lowest BCUT2D eigenvalue weighted by atomic mass is 10.2. The highest BCUT2D eigenvalue weighted by Gasteiger charge is 2.14. The number of amides is 1. The zero-order chi connectivity index (χ0) is 11.8.